The summed E-state index contributed by atoms with van der Waals surface area (Å²) in [5.74, 6) is -0.375. The van der Waals surface area contributed by atoms with Crippen LogP contribution in [0.2, 0.25) is 0 Å². The van der Waals surface area contributed by atoms with E-state index in [9.17, 15) is 9.59 Å². The van der Waals surface area contributed by atoms with Gasteiger partial charge in [-0.2, -0.15) is 0 Å². The highest BCUT2D eigenvalue weighted by Gasteiger charge is 2.35. The van der Waals surface area contributed by atoms with Crippen LogP contribution >= 0.6 is 0 Å². The Morgan fingerprint density at radius 2 is 2.00 bits per heavy atom. The molecule has 1 atom stereocenters. The number of aryl methyl sites for hydroxylation is 2. The zero-order chi connectivity index (χ0) is 17.1. The molecule has 0 bridgehead atoms. The average Bonchev–Trinajstić information content (AvgIpc) is 2.97. The maximum Gasteiger partial charge on any atom is 0.227 e. The molecule has 1 unspecified atom stereocenters. The van der Waals surface area contributed by atoms with Crippen molar-refractivity contribution in [2.45, 2.75) is 26.8 Å². The molecule has 5 nitrogen and oxygen atoms in total. The van der Waals surface area contributed by atoms with E-state index in [-0.39, 0.29) is 24.2 Å². The van der Waals surface area contributed by atoms with E-state index < -0.39 is 0 Å². The summed E-state index contributed by atoms with van der Waals surface area (Å²) >= 11 is 0. The van der Waals surface area contributed by atoms with Crippen LogP contribution in [0.5, 0.6) is 0 Å². The maximum atomic E-state index is 12.4. The Hall–Kier alpha value is -2.69. The molecule has 3 rings (SSSR count). The standard InChI is InChI=1S/C19H21N3O2/c1-13-3-4-14(2)17(9-13)22-12-16(10-18(22)23)19(24)21-11-15-5-7-20-8-6-15/h3-9,16H,10-12H2,1-2H3,(H,21,24). The highest BCUT2D eigenvalue weighted by Crippen LogP contribution is 2.28. The maximum absolute atomic E-state index is 12.4. The molecule has 2 amide bonds. The molecule has 0 aliphatic carbocycles. The van der Waals surface area contributed by atoms with Crippen LogP contribution in [0.15, 0.2) is 42.7 Å². The molecular weight excluding hydrogens is 302 g/mol. The molecule has 1 fully saturated rings. The first-order valence-corrected chi connectivity index (χ1v) is 8.09. The van der Waals surface area contributed by atoms with Crippen molar-refractivity contribution in [2.75, 3.05) is 11.4 Å². The van der Waals surface area contributed by atoms with E-state index >= 15 is 0 Å². The fourth-order valence-electron chi connectivity index (χ4n) is 2.96. The van der Waals surface area contributed by atoms with Crippen LogP contribution in [-0.2, 0) is 16.1 Å². The first kappa shape index (κ1) is 16.2. The van der Waals surface area contributed by atoms with Crippen molar-refractivity contribution in [1.82, 2.24) is 10.3 Å². The Bertz CT molecular complexity index is 758. The molecule has 2 heterocycles. The Balaban J connectivity index is 1.66. The predicted octanol–water partition coefficient (Wildman–Crippen LogP) is 2.37. The fraction of sp³-hybridized carbons (Fsp3) is 0.316. The zero-order valence-corrected chi connectivity index (χ0v) is 14.0. The van der Waals surface area contributed by atoms with Crippen molar-refractivity contribution in [2.24, 2.45) is 5.92 Å². The van der Waals surface area contributed by atoms with Gasteiger partial charge in [-0.05, 0) is 48.7 Å². The van der Waals surface area contributed by atoms with Crippen LogP contribution in [0.4, 0.5) is 5.69 Å². The van der Waals surface area contributed by atoms with E-state index in [2.05, 4.69) is 10.3 Å². The summed E-state index contributed by atoms with van der Waals surface area (Å²) in [6.45, 7) is 4.88. The number of amides is 2. The lowest BCUT2D eigenvalue weighted by Crippen LogP contribution is -2.32. The Labute approximate surface area is 141 Å². The minimum atomic E-state index is -0.306. The molecule has 0 radical (unpaired) electrons. The number of hydrogen-bond donors (Lipinski definition) is 1. The van der Waals surface area contributed by atoms with Crippen LogP contribution in [0, 0.1) is 19.8 Å². The van der Waals surface area contributed by atoms with Crippen molar-refractivity contribution >= 4 is 17.5 Å². The summed E-state index contributed by atoms with van der Waals surface area (Å²) in [4.78, 5) is 30.4. The molecule has 24 heavy (non-hydrogen) atoms. The molecule has 1 aromatic heterocycles. The third-order valence-electron chi connectivity index (χ3n) is 4.37. The number of aromatic nitrogens is 1. The van der Waals surface area contributed by atoms with Gasteiger partial charge >= 0.3 is 0 Å². The van der Waals surface area contributed by atoms with Crippen molar-refractivity contribution in [1.29, 1.82) is 0 Å². The van der Waals surface area contributed by atoms with Crippen molar-refractivity contribution in [3.05, 3.63) is 59.4 Å². The molecular formula is C19H21N3O2. The Morgan fingerprint density at radius 1 is 1.25 bits per heavy atom. The minimum absolute atomic E-state index is 0.00719. The molecule has 1 aliphatic heterocycles. The second kappa shape index (κ2) is 6.83. The highest BCUT2D eigenvalue weighted by molar-refractivity contribution is 6.00. The SMILES string of the molecule is Cc1ccc(C)c(N2CC(C(=O)NCc3ccncc3)CC2=O)c1. The summed E-state index contributed by atoms with van der Waals surface area (Å²) in [6, 6.07) is 9.77. The summed E-state index contributed by atoms with van der Waals surface area (Å²) in [5.41, 5.74) is 4.05. The van der Waals surface area contributed by atoms with Gasteiger partial charge in [-0.3, -0.25) is 14.6 Å². The lowest BCUT2D eigenvalue weighted by atomic mass is 10.1. The number of carbonyl (C=O) groups excluding carboxylic acids is 2. The molecule has 124 valence electrons. The van der Waals surface area contributed by atoms with E-state index in [0.717, 1.165) is 22.4 Å². The summed E-state index contributed by atoms with van der Waals surface area (Å²) in [5, 5.41) is 2.91. The van der Waals surface area contributed by atoms with E-state index in [0.29, 0.717) is 13.1 Å². The first-order chi connectivity index (χ1) is 11.5. The number of nitrogens with one attached hydrogen (secondary N) is 1. The first-order valence-electron chi connectivity index (χ1n) is 8.09. The zero-order valence-electron chi connectivity index (χ0n) is 14.0. The summed E-state index contributed by atoms with van der Waals surface area (Å²) < 4.78 is 0. The number of nitrogens with zero attached hydrogens (tertiary/aromatic N) is 2. The fourth-order valence-corrected chi connectivity index (χ4v) is 2.96. The van der Waals surface area contributed by atoms with Gasteiger partial charge in [-0.15, -0.1) is 0 Å². The number of benzene rings is 1. The highest BCUT2D eigenvalue weighted by atomic mass is 16.2. The van der Waals surface area contributed by atoms with Crippen molar-refractivity contribution in [3.8, 4) is 0 Å². The van der Waals surface area contributed by atoms with Gasteiger partial charge in [-0.25, -0.2) is 0 Å². The van der Waals surface area contributed by atoms with Gasteiger partial charge in [0.15, 0.2) is 0 Å². The van der Waals surface area contributed by atoms with E-state index in [1.165, 1.54) is 0 Å². The van der Waals surface area contributed by atoms with Gasteiger partial charge in [-0.1, -0.05) is 12.1 Å². The van der Waals surface area contributed by atoms with Crippen LogP contribution in [-0.4, -0.2) is 23.3 Å². The number of hydrogen-bond acceptors (Lipinski definition) is 3. The Morgan fingerprint density at radius 3 is 2.75 bits per heavy atom. The number of carbonyl (C=O) groups is 2. The molecule has 1 N–H and O–H groups in total. The van der Waals surface area contributed by atoms with Crippen LogP contribution in [0.1, 0.15) is 23.1 Å². The third-order valence-corrected chi connectivity index (χ3v) is 4.37. The number of anilines is 1. The molecule has 0 saturated carbocycles. The molecule has 2 aromatic rings. The summed E-state index contributed by atoms with van der Waals surface area (Å²) in [7, 11) is 0. The normalized spacial score (nSPS) is 17.2. The van der Waals surface area contributed by atoms with Crippen LogP contribution in [0.3, 0.4) is 0 Å². The van der Waals surface area contributed by atoms with Crippen molar-refractivity contribution < 1.29 is 9.59 Å². The van der Waals surface area contributed by atoms with E-state index in [4.69, 9.17) is 0 Å². The Kier molecular flexibility index (Phi) is 4.60. The monoisotopic (exact) mass is 323 g/mol. The van der Waals surface area contributed by atoms with Gasteiger partial charge < -0.3 is 10.2 Å². The molecule has 5 heteroatoms. The molecule has 0 spiro atoms. The molecule has 1 saturated heterocycles. The van der Waals surface area contributed by atoms with E-state index in [1.807, 2.05) is 44.2 Å². The van der Waals surface area contributed by atoms with Gasteiger partial charge in [0, 0.05) is 37.6 Å². The lowest BCUT2D eigenvalue weighted by Gasteiger charge is -2.19. The van der Waals surface area contributed by atoms with Crippen LogP contribution in [0.25, 0.3) is 0 Å². The van der Waals surface area contributed by atoms with Gasteiger partial charge in [0.2, 0.25) is 11.8 Å². The summed E-state index contributed by atoms with van der Waals surface area (Å²) in [6.07, 6.45) is 3.65. The second-order valence-electron chi connectivity index (χ2n) is 6.27. The van der Waals surface area contributed by atoms with Crippen molar-refractivity contribution in [3.63, 3.8) is 0 Å². The smallest absolute Gasteiger partial charge is 0.227 e. The lowest BCUT2D eigenvalue weighted by molar-refractivity contribution is -0.126. The topological polar surface area (TPSA) is 62.3 Å². The molecule has 1 aliphatic rings. The third kappa shape index (κ3) is 3.45. The minimum Gasteiger partial charge on any atom is -0.352 e. The van der Waals surface area contributed by atoms with Gasteiger partial charge in [0.1, 0.15) is 0 Å². The van der Waals surface area contributed by atoms with Gasteiger partial charge in [0.25, 0.3) is 0 Å². The van der Waals surface area contributed by atoms with Gasteiger partial charge in [0.05, 0.1) is 5.92 Å². The second-order valence-corrected chi connectivity index (χ2v) is 6.27. The van der Waals surface area contributed by atoms with E-state index in [1.54, 1.807) is 17.3 Å². The number of pyridine rings is 1. The molecule has 1 aromatic carbocycles. The predicted molar refractivity (Wildman–Crippen MR) is 92.5 cm³/mol. The largest absolute Gasteiger partial charge is 0.352 e. The number of rotatable bonds is 4. The average molecular weight is 323 g/mol. The van der Waals surface area contributed by atoms with Crippen LogP contribution < -0.4 is 10.2 Å². The quantitative estimate of drug-likeness (QED) is 0.939.